The SMILES string of the molecule is CC(=O)OOCc1ccc(Br)cc1. The molecule has 0 fully saturated rings. The first-order valence-corrected chi connectivity index (χ1v) is 4.52. The van der Waals surface area contributed by atoms with Crippen molar-refractivity contribution in [2.45, 2.75) is 13.5 Å². The second kappa shape index (κ2) is 4.99. The van der Waals surface area contributed by atoms with Crippen molar-refractivity contribution in [3.63, 3.8) is 0 Å². The Bertz CT molecular complexity index is 281. The van der Waals surface area contributed by atoms with Crippen molar-refractivity contribution in [2.75, 3.05) is 0 Å². The van der Waals surface area contributed by atoms with E-state index in [0.717, 1.165) is 10.0 Å². The van der Waals surface area contributed by atoms with Gasteiger partial charge in [-0.1, -0.05) is 28.1 Å². The van der Waals surface area contributed by atoms with Crippen molar-refractivity contribution >= 4 is 21.9 Å². The summed E-state index contributed by atoms with van der Waals surface area (Å²) in [6.45, 7) is 1.56. The Morgan fingerprint density at radius 1 is 1.38 bits per heavy atom. The zero-order chi connectivity index (χ0) is 9.68. The van der Waals surface area contributed by atoms with E-state index in [1.165, 1.54) is 6.92 Å². The average molecular weight is 245 g/mol. The molecule has 0 atom stereocenters. The quantitative estimate of drug-likeness (QED) is 0.606. The van der Waals surface area contributed by atoms with Crippen molar-refractivity contribution in [2.24, 2.45) is 0 Å². The van der Waals surface area contributed by atoms with Crippen LogP contribution in [0.5, 0.6) is 0 Å². The number of hydrogen-bond donors (Lipinski definition) is 0. The molecular formula is C9H9BrO3. The van der Waals surface area contributed by atoms with Gasteiger partial charge in [0.1, 0.15) is 6.61 Å². The lowest BCUT2D eigenvalue weighted by atomic mass is 10.2. The summed E-state index contributed by atoms with van der Waals surface area (Å²) < 4.78 is 1.00. The van der Waals surface area contributed by atoms with Crippen LogP contribution in [0.3, 0.4) is 0 Å². The number of halogens is 1. The molecule has 0 saturated heterocycles. The Labute approximate surface area is 84.7 Å². The van der Waals surface area contributed by atoms with E-state index < -0.39 is 5.97 Å². The van der Waals surface area contributed by atoms with Gasteiger partial charge in [0.25, 0.3) is 0 Å². The van der Waals surface area contributed by atoms with Gasteiger partial charge in [0.2, 0.25) is 0 Å². The molecule has 1 rings (SSSR count). The van der Waals surface area contributed by atoms with Crippen molar-refractivity contribution < 1.29 is 14.6 Å². The fraction of sp³-hybridized carbons (Fsp3) is 0.222. The Balaban J connectivity index is 2.37. The first-order valence-electron chi connectivity index (χ1n) is 3.73. The second-order valence-electron chi connectivity index (χ2n) is 2.46. The molecule has 0 saturated carbocycles. The topological polar surface area (TPSA) is 35.5 Å². The maximum Gasteiger partial charge on any atom is 0.339 e. The van der Waals surface area contributed by atoms with Gasteiger partial charge in [-0.05, 0) is 17.7 Å². The molecule has 3 nitrogen and oxygen atoms in total. The van der Waals surface area contributed by atoms with Crippen LogP contribution in [0.15, 0.2) is 28.7 Å². The standard InChI is InChI=1S/C9H9BrO3/c1-7(11)13-12-6-8-2-4-9(10)5-3-8/h2-5H,6H2,1H3. The van der Waals surface area contributed by atoms with Gasteiger partial charge in [0.05, 0.1) is 0 Å². The maximum atomic E-state index is 10.3. The van der Waals surface area contributed by atoms with Gasteiger partial charge in [-0.25, -0.2) is 4.79 Å². The first-order chi connectivity index (χ1) is 6.18. The van der Waals surface area contributed by atoms with Gasteiger partial charge in [-0.15, -0.1) is 0 Å². The van der Waals surface area contributed by atoms with Crippen molar-refractivity contribution in [3.8, 4) is 0 Å². The van der Waals surface area contributed by atoms with E-state index in [4.69, 9.17) is 0 Å². The van der Waals surface area contributed by atoms with Crippen LogP contribution in [-0.4, -0.2) is 5.97 Å². The predicted octanol–water partition coefficient (Wildman–Crippen LogP) is 2.44. The Morgan fingerprint density at radius 2 is 2.00 bits per heavy atom. The van der Waals surface area contributed by atoms with Crippen molar-refractivity contribution in [1.82, 2.24) is 0 Å². The smallest absolute Gasteiger partial charge is 0.298 e. The fourth-order valence-corrected chi connectivity index (χ4v) is 1.03. The summed E-state index contributed by atoms with van der Waals surface area (Å²) in [6.07, 6.45) is 0. The first kappa shape index (κ1) is 10.2. The highest BCUT2D eigenvalue weighted by Gasteiger charge is 1.96. The highest BCUT2D eigenvalue weighted by Crippen LogP contribution is 2.11. The van der Waals surface area contributed by atoms with E-state index in [9.17, 15) is 4.79 Å². The van der Waals surface area contributed by atoms with Gasteiger partial charge in [-0.2, -0.15) is 4.89 Å². The molecule has 0 radical (unpaired) electrons. The molecule has 0 bridgehead atoms. The number of benzene rings is 1. The minimum atomic E-state index is -0.447. The highest BCUT2D eigenvalue weighted by molar-refractivity contribution is 9.10. The third-order valence-corrected chi connectivity index (χ3v) is 1.84. The summed E-state index contributed by atoms with van der Waals surface area (Å²) in [5.74, 6) is -0.447. The summed E-state index contributed by atoms with van der Waals surface area (Å²) in [5.41, 5.74) is 0.949. The molecule has 0 aliphatic rings. The van der Waals surface area contributed by atoms with E-state index in [2.05, 4.69) is 25.7 Å². The van der Waals surface area contributed by atoms with E-state index >= 15 is 0 Å². The molecule has 0 aliphatic heterocycles. The third-order valence-electron chi connectivity index (χ3n) is 1.32. The molecule has 0 heterocycles. The maximum absolute atomic E-state index is 10.3. The molecule has 0 unspecified atom stereocenters. The Kier molecular flexibility index (Phi) is 3.92. The van der Waals surface area contributed by atoms with Gasteiger partial charge in [0.15, 0.2) is 0 Å². The molecule has 0 N–H and O–H groups in total. The molecule has 0 spiro atoms. The van der Waals surface area contributed by atoms with Crippen LogP contribution in [0.1, 0.15) is 12.5 Å². The summed E-state index contributed by atoms with van der Waals surface area (Å²) in [7, 11) is 0. The van der Waals surface area contributed by atoms with E-state index in [1.54, 1.807) is 0 Å². The van der Waals surface area contributed by atoms with Crippen LogP contribution < -0.4 is 0 Å². The normalized spacial score (nSPS) is 9.69. The lowest BCUT2D eigenvalue weighted by Crippen LogP contribution is -2.00. The minimum Gasteiger partial charge on any atom is -0.298 e. The summed E-state index contributed by atoms with van der Waals surface area (Å²) in [5, 5.41) is 0. The fourth-order valence-electron chi connectivity index (χ4n) is 0.761. The molecule has 1 aromatic carbocycles. The number of hydrogen-bond acceptors (Lipinski definition) is 3. The van der Waals surface area contributed by atoms with Crippen LogP contribution in [0, 0.1) is 0 Å². The molecule has 13 heavy (non-hydrogen) atoms. The molecule has 4 heteroatoms. The molecule has 70 valence electrons. The summed E-state index contributed by atoms with van der Waals surface area (Å²) in [6, 6.07) is 7.56. The van der Waals surface area contributed by atoms with E-state index in [-0.39, 0.29) is 6.61 Å². The van der Waals surface area contributed by atoms with Crippen LogP contribution >= 0.6 is 15.9 Å². The van der Waals surface area contributed by atoms with Crippen molar-refractivity contribution in [3.05, 3.63) is 34.3 Å². The van der Waals surface area contributed by atoms with Gasteiger partial charge < -0.3 is 0 Å². The zero-order valence-corrected chi connectivity index (χ0v) is 8.71. The molecule has 0 amide bonds. The zero-order valence-electron chi connectivity index (χ0n) is 7.12. The summed E-state index contributed by atoms with van der Waals surface area (Å²) in [4.78, 5) is 19.3. The third kappa shape index (κ3) is 4.05. The van der Waals surface area contributed by atoms with Crippen LogP contribution in [0.25, 0.3) is 0 Å². The minimum absolute atomic E-state index is 0.271. The van der Waals surface area contributed by atoms with Crippen molar-refractivity contribution in [1.29, 1.82) is 0 Å². The number of carbonyl (C=O) groups excluding carboxylic acids is 1. The number of carbonyl (C=O) groups is 1. The van der Waals surface area contributed by atoms with Crippen LogP contribution in [0.2, 0.25) is 0 Å². The van der Waals surface area contributed by atoms with Crippen LogP contribution in [0.4, 0.5) is 0 Å². The lowest BCUT2D eigenvalue weighted by molar-refractivity contribution is -0.277. The van der Waals surface area contributed by atoms with Gasteiger partial charge >= 0.3 is 5.97 Å². The van der Waals surface area contributed by atoms with Gasteiger partial charge in [-0.3, -0.25) is 4.89 Å². The summed E-state index contributed by atoms with van der Waals surface area (Å²) >= 11 is 3.31. The number of rotatable bonds is 3. The second-order valence-corrected chi connectivity index (χ2v) is 3.38. The Morgan fingerprint density at radius 3 is 2.54 bits per heavy atom. The average Bonchev–Trinajstić information content (AvgIpc) is 2.08. The predicted molar refractivity (Wildman–Crippen MR) is 50.7 cm³/mol. The largest absolute Gasteiger partial charge is 0.339 e. The molecule has 0 aliphatic carbocycles. The highest BCUT2D eigenvalue weighted by atomic mass is 79.9. The molecular weight excluding hydrogens is 236 g/mol. The van der Waals surface area contributed by atoms with E-state index in [1.807, 2.05) is 24.3 Å². The van der Waals surface area contributed by atoms with Gasteiger partial charge in [0, 0.05) is 11.4 Å². The lowest BCUT2D eigenvalue weighted by Gasteiger charge is -2.01. The van der Waals surface area contributed by atoms with E-state index in [0.29, 0.717) is 0 Å². The molecule has 1 aromatic rings. The molecule has 0 aromatic heterocycles. The Hall–Kier alpha value is -0.870. The van der Waals surface area contributed by atoms with Crippen LogP contribution in [-0.2, 0) is 21.2 Å². The monoisotopic (exact) mass is 244 g/mol.